The number of carbonyl (C=O) groups is 3. The minimum atomic E-state index is -0.758. The van der Waals surface area contributed by atoms with Gasteiger partial charge in [0.25, 0.3) is 0 Å². The summed E-state index contributed by atoms with van der Waals surface area (Å²) in [5, 5.41) is 8.97. The van der Waals surface area contributed by atoms with Crippen molar-refractivity contribution in [2.24, 2.45) is 17.8 Å². The lowest BCUT2D eigenvalue weighted by Crippen LogP contribution is -2.20. The molecule has 0 aliphatic carbocycles. The molecule has 108 valence electrons. The molecule has 3 unspecified atom stereocenters. The van der Waals surface area contributed by atoms with Crippen molar-refractivity contribution in [3.05, 3.63) is 0 Å². The Labute approximate surface area is 113 Å². The van der Waals surface area contributed by atoms with Gasteiger partial charge in [-0.1, -0.05) is 26.7 Å². The van der Waals surface area contributed by atoms with Gasteiger partial charge in [0.2, 0.25) is 0 Å². The largest absolute Gasteiger partial charge is 0.481 e. The van der Waals surface area contributed by atoms with Crippen molar-refractivity contribution in [3.8, 4) is 0 Å². The van der Waals surface area contributed by atoms with Crippen LogP contribution in [0.3, 0.4) is 0 Å². The fraction of sp³-hybridized carbons (Fsp3) is 0.786. The van der Waals surface area contributed by atoms with Gasteiger partial charge in [0, 0.05) is 0 Å². The SMILES string of the molecule is CCC(CCCC(CC)C1CC(=O)OC1=O)C(=O)O. The van der Waals surface area contributed by atoms with E-state index in [0.29, 0.717) is 12.8 Å². The minimum Gasteiger partial charge on any atom is -0.481 e. The summed E-state index contributed by atoms with van der Waals surface area (Å²) in [6, 6.07) is 0. The number of hydrogen-bond acceptors (Lipinski definition) is 4. The molecule has 1 aliphatic heterocycles. The second kappa shape index (κ2) is 7.26. The molecule has 3 atom stereocenters. The molecule has 0 aromatic heterocycles. The molecule has 1 N–H and O–H groups in total. The number of carboxylic acids is 1. The van der Waals surface area contributed by atoms with Crippen molar-refractivity contribution < 1.29 is 24.2 Å². The van der Waals surface area contributed by atoms with E-state index in [2.05, 4.69) is 4.74 Å². The van der Waals surface area contributed by atoms with E-state index < -0.39 is 17.9 Å². The maximum Gasteiger partial charge on any atom is 0.317 e. The molecule has 0 radical (unpaired) electrons. The lowest BCUT2D eigenvalue weighted by atomic mass is 9.84. The highest BCUT2D eigenvalue weighted by molar-refractivity contribution is 5.94. The van der Waals surface area contributed by atoms with Gasteiger partial charge in [0.15, 0.2) is 0 Å². The number of cyclic esters (lactones) is 2. The van der Waals surface area contributed by atoms with E-state index in [1.807, 2.05) is 13.8 Å². The second-order valence-corrected chi connectivity index (χ2v) is 5.15. The third-order valence-electron chi connectivity index (χ3n) is 3.97. The molecule has 5 nitrogen and oxygen atoms in total. The van der Waals surface area contributed by atoms with Crippen molar-refractivity contribution in [1.82, 2.24) is 0 Å². The van der Waals surface area contributed by atoms with E-state index in [9.17, 15) is 14.4 Å². The zero-order chi connectivity index (χ0) is 14.4. The van der Waals surface area contributed by atoms with Crippen molar-refractivity contribution in [3.63, 3.8) is 0 Å². The predicted octanol–water partition coefficient (Wildman–Crippen LogP) is 2.38. The smallest absolute Gasteiger partial charge is 0.317 e. The minimum absolute atomic E-state index is 0.116. The maximum atomic E-state index is 11.5. The van der Waals surface area contributed by atoms with Crippen LogP contribution in [0.5, 0.6) is 0 Å². The van der Waals surface area contributed by atoms with Gasteiger partial charge >= 0.3 is 17.9 Å². The third-order valence-corrected chi connectivity index (χ3v) is 3.97. The van der Waals surface area contributed by atoms with Crippen LogP contribution in [0.2, 0.25) is 0 Å². The van der Waals surface area contributed by atoms with Crippen molar-refractivity contribution >= 4 is 17.9 Å². The number of aliphatic carboxylic acids is 1. The van der Waals surface area contributed by atoms with Gasteiger partial charge in [-0.2, -0.15) is 0 Å². The number of carbonyl (C=O) groups excluding carboxylic acids is 2. The number of hydrogen-bond donors (Lipinski definition) is 1. The summed E-state index contributed by atoms with van der Waals surface area (Å²) >= 11 is 0. The fourth-order valence-corrected chi connectivity index (χ4v) is 2.67. The lowest BCUT2D eigenvalue weighted by Gasteiger charge is -2.19. The first-order valence-electron chi connectivity index (χ1n) is 6.96. The molecule has 5 heteroatoms. The van der Waals surface area contributed by atoms with Gasteiger partial charge in [-0.25, -0.2) is 0 Å². The number of esters is 2. The van der Waals surface area contributed by atoms with E-state index in [1.54, 1.807) is 0 Å². The van der Waals surface area contributed by atoms with E-state index in [1.165, 1.54) is 0 Å². The van der Waals surface area contributed by atoms with Crippen LogP contribution in [-0.2, 0) is 19.1 Å². The van der Waals surface area contributed by atoms with Crippen molar-refractivity contribution in [2.75, 3.05) is 0 Å². The molecule has 1 rings (SSSR count). The molecule has 0 aromatic rings. The average Bonchev–Trinajstić information content (AvgIpc) is 2.68. The monoisotopic (exact) mass is 270 g/mol. The summed E-state index contributed by atoms with van der Waals surface area (Å²) in [7, 11) is 0. The van der Waals surface area contributed by atoms with Gasteiger partial charge < -0.3 is 9.84 Å². The summed E-state index contributed by atoms with van der Waals surface area (Å²) in [6.07, 6.45) is 3.76. The van der Waals surface area contributed by atoms with Crippen LogP contribution >= 0.6 is 0 Å². The Morgan fingerprint density at radius 2 is 2.00 bits per heavy atom. The highest BCUT2D eigenvalue weighted by Crippen LogP contribution is 2.31. The van der Waals surface area contributed by atoms with Gasteiger partial charge in [-0.15, -0.1) is 0 Å². The van der Waals surface area contributed by atoms with Crippen LogP contribution < -0.4 is 0 Å². The van der Waals surface area contributed by atoms with Gasteiger partial charge in [0.1, 0.15) is 0 Å². The maximum absolute atomic E-state index is 11.5. The summed E-state index contributed by atoms with van der Waals surface area (Å²) in [5.74, 6) is -2.14. The average molecular weight is 270 g/mol. The Bertz CT molecular complexity index is 350. The Hall–Kier alpha value is -1.39. The highest BCUT2D eigenvalue weighted by Gasteiger charge is 2.38. The van der Waals surface area contributed by atoms with Crippen LogP contribution in [-0.4, -0.2) is 23.0 Å². The number of carboxylic acid groups (broad SMARTS) is 1. The highest BCUT2D eigenvalue weighted by atomic mass is 16.6. The van der Waals surface area contributed by atoms with Gasteiger partial charge in [-0.3, -0.25) is 14.4 Å². The molecule has 1 fully saturated rings. The Morgan fingerprint density at radius 3 is 2.42 bits per heavy atom. The standard InChI is InChI=1S/C14H22O5/c1-3-9(11-8-12(15)19-14(11)18)6-5-7-10(4-2)13(16)17/h9-11H,3-8H2,1-2H3,(H,16,17). The van der Waals surface area contributed by atoms with Crippen LogP contribution in [0.25, 0.3) is 0 Å². The first-order valence-corrected chi connectivity index (χ1v) is 6.96. The zero-order valence-corrected chi connectivity index (χ0v) is 11.6. The molecule has 1 saturated heterocycles. The summed E-state index contributed by atoms with van der Waals surface area (Å²) in [6.45, 7) is 3.85. The molecule has 19 heavy (non-hydrogen) atoms. The molecule has 1 aliphatic rings. The third kappa shape index (κ3) is 4.33. The van der Waals surface area contributed by atoms with Crippen LogP contribution in [0.15, 0.2) is 0 Å². The molecule has 1 heterocycles. The van der Waals surface area contributed by atoms with Crippen LogP contribution in [0.4, 0.5) is 0 Å². The Morgan fingerprint density at radius 1 is 1.32 bits per heavy atom. The van der Waals surface area contributed by atoms with E-state index in [4.69, 9.17) is 5.11 Å². The molecular weight excluding hydrogens is 248 g/mol. The first-order chi connectivity index (χ1) is 8.99. The van der Waals surface area contributed by atoms with Crippen molar-refractivity contribution in [2.45, 2.75) is 52.4 Å². The quantitative estimate of drug-likeness (QED) is 0.541. The van der Waals surface area contributed by atoms with Crippen molar-refractivity contribution in [1.29, 1.82) is 0 Å². The lowest BCUT2D eigenvalue weighted by molar-refractivity contribution is -0.153. The second-order valence-electron chi connectivity index (χ2n) is 5.15. The Kier molecular flexibility index (Phi) is 5.99. The fourth-order valence-electron chi connectivity index (χ4n) is 2.67. The number of rotatable bonds is 8. The molecule has 0 saturated carbocycles. The predicted molar refractivity (Wildman–Crippen MR) is 68.3 cm³/mol. The van der Waals surface area contributed by atoms with Gasteiger partial charge in [0.05, 0.1) is 18.3 Å². The summed E-state index contributed by atoms with van der Waals surface area (Å²) in [4.78, 5) is 33.5. The van der Waals surface area contributed by atoms with Crippen LogP contribution in [0.1, 0.15) is 52.4 Å². The van der Waals surface area contributed by atoms with E-state index in [0.717, 1.165) is 19.3 Å². The molecular formula is C14H22O5. The van der Waals surface area contributed by atoms with Crippen LogP contribution in [0, 0.1) is 17.8 Å². The van der Waals surface area contributed by atoms with E-state index >= 15 is 0 Å². The summed E-state index contributed by atoms with van der Waals surface area (Å²) < 4.78 is 4.57. The van der Waals surface area contributed by atoms with E-state index in [-0.39, 0.29) is 24.2 Å². The molecule has 0 spiro atoms. The molecule has 0 bridgehead atoms. The summed E-state index contributed by atoms with van der Waals surface area (Å²) in [5.41, 5.74) is 0. The molecule has 0 aromatic carbocycles. The normalized spacial score (nSPS) is 22.1. The topological polar surface area (TPSA) is 80.7 Å². The Balaban J connectivity index is 2.43. The molecule has 0 amide bonds. The van der Waals surface area contributed by atoms with Gasteiger partial charge in [-0.05, 0) is 25.2 Å². The number of ether oxygens (including phenoxy) is 1. The first kappa shape index (κ1) is 15.7. The zero-order valence-electron chi connectivity index (χ0n) is 11.6.